The molecule has 96 valence electrons. The smallest absolute Gasteiger partial charge is 0.250 e. The first kappa shape index (κ1) is 11.5. The Hall–Kier alpha value is -1.62. The minimum atomic E-state index is -0.433. The van der Waals surface area contributed by atoms with E-state index in [2.05, 4.69) is 9.88 Å². The number of carbonyl (C=O) groups is 1. The van der Waals surface area contributed by atoms with Crippen LogP contribution < -0.4 is 16.4 Å². The number of anilines is 1. The molecule has 2 fully saturated rings. The molecule has 0 radical (unpaired) electrons. The standard InChI is InChI=1S/C13H18N4O/c14-9-5-10-2-3-11(6-9)17(10)12-4-1-8(7-16-12)13(15)18/h1,4,7,9-11H,2-3,5-6,14H2,(H2,15,18)/t9-,10+,11-. The number of nitrogens with zero attached hydrogens (tertiary/aromatic N) is 2. The van der Waals surface area contributed by atoms with Gasteiger partial charge in [-0.15, -0.1) is 0 Å². The second-order valence-electron chi connectivity index (χ2n) is 5.29. The Morgan fingerprint density at radius 3 is 2.44 bits per heavy atom. The molecule has 0 aromatic carbocycles. The van der Waals surface area contributed by atoms with E-state index in [4.69, 9.17) is 11.5 Å². The van der Waals surface area contributed by atoms with Crippen LogP contribution in [0.2, 0.25) is 0 Å². The van der Waals surface area contributed by atoms with E-state index >= 15 is 0 Å². The van der Waals surface area contributed by atoms with Crippen LogP contribution in [0.1, 0.15) is 36.0 Å². The number of hydrogen-bond donors (Lipinski definition) is 2. The van der Waals surface area contributed by atoms with E-state index in [0.29, 0.717) is 23.7 Å². The highest BCUT2D eigenvalue weighted by atomic mass is 16.1. The van der Waals surface area contributed by atoms with Crippen LogP contribution in [-0.4, -0.2) is 29.0 Å². The molecule has 0 aliphatic carbocycles. The molecule has 2 saturated heterocycles. The minimum Gasteiger partial charge on any atom is -0.366 e. The summed E-state index contributed by atoms with van der Waals surface area (Å²) in [5, 5.41) is 0. The number of pyridine rings is 1. The molecule has 2 bridgehead atoms. The number of piperidine rings is 1. The second kappa shape index (κ2) is 4.24. The van der Waals surface area contributed by atoms with Crippen LogP contribution in [-0.2, 0) is 0 Å². The fraction of sp³-hybridized carbons (Fsp3) is 0.538. The summed E-state index contributed by atoms with van der Waals surface area (Å²) in [5.74, 6) is 0.511. The fourth-order valence-corrected chi connectivity index (χ4v) is 3.28. The lowest BCUT2D eigenvalue weighted by molar-refractivity contribution is 0.1000. The highest BCUT2D eigenvalue weighted by molar-refractivity contribution is 5.92. The van der Waals surface area contributed by atoms with Gasteiger partial charge < -0.3 is 16.4 Å². The largest absolute Gasteiger partial charge is 0.366 e. The number of amides is 1. The van der Waals surface area contributed by atoms with Gasteiger partial charge in [0.1, 0.15) is 5.82 Å². The van der Waals surface area contributed by atoms with Crippen molar-refractivity contribution < 1.29 is 4.79 Å². The van der Waals surface area contributed by atoms with Gasteiger partial charge in [-0.05, 0) is 37.8 Å². The van der Waals surface area contributed by atoms with Crippen molar-refractivity contribution in [2.75, 3.05) is 4.90 Å². The molecule has 18 heavy (non-hydrogen) atoms. The van der Waals surface area contributed by atoms with Crippen molar-refractivity contribution in [2.45, 2.75) is 43.8 Å². The van der Waals surface area contributed by atoms with Gasteiger partial charge in [-0.2, -0.15) is 0 Å². The molecule has 2 aliphatic heterocycles. The lowest BCUT2D eigenvalue weighted by atomic mass is 9.98. The zero-order chi connectivity index (χ0) is 12.7. The molecule has 3 heterocycles. The topological polar surface area (TPSA) is 85.2 Å². The van der Waals surface area contributed by atoms with Gasteiger partial charge in [0, 0.05) is 24.3 Å². The van der Waals surface area contributed by atoms with Crippen LogP contribution >= 0.6 is 0 Å². The molecule has 0 saturated carbocycles. The Bertz CT molecular complexity index is 445. The molecular formula is C13H18N4O. The molecule has 3 rings (SSSR count). The lowest BCUT2D eigenvalue weighted by Crippen LogP contribution is -2.47. The molecule has 1 aromatic rings. The van der Waals surface area contributed by atoms with Crippen LogP contribution in [0.4, 0.5) is 5.82 Å². The van der Waals surface area contributed by atoms with E-state index in [0.717, 1.165) is 18.7 Å². The maximum absolute atomic E-state index is 11.0. The average molecular weight is 246 g/mol. The molecule has 5 nitrogen and oxygen atoms in total. The summed E-state index contributed by atoms with van der Waals surface area (Å²) in [6.45, 7) is 0. The number of aromatic nitrogens is 1. The van der Waals surface area contributed by atoms with Crippen molar-refractivity contribution in [3.05, 3.63) is 23.9 Å². The third-order valence-electron chi connectivity index (χ3n) is 4.07. The van der Waals surface area contributed by atoms with Gasteiger partial charge in [0.2, 0.25) is 5.91 Å². The summed E-state index contributed by atoms with van der Waals surface area (Å²) in [6, 6.07) is 4.97. The normalized spacial score (nSPS) is 30.5. The minimum absolute atomic E-state index is 0.323. The summed E-state index contributed by atoms with van der Waals surface area (Å²) in [6.07, 6.45) is 6.02. The van der Waals surface area contributed by atoms with Gasteiger partial charge in [-0.3, -0.25) is 4.79 Å². The predicted octanol–water partition coefficient (Wildman–Crippen LogP) is 0.639. The Balaban J connectivity index is 1.85. The number of fused-ring (bicyclic) bond motifs is 2. The third-order valence-corrected chi connectivity index (χ3v) is 4.07. The maximum Gasteiger partial charge on any atom is 0.250 e. The first-order valence-electron chi connectivity index (χ1n) is 6.45. The predicted molar refractivity (Wildman–Crippen MR) is 69.3 cm³/mol. The van der Waals surface area contributed by atoms with Gasteiger partial charge in [0.15, 0.2) is 0 Å². The second-order valence-corrected chi connectivity index (χ2v) is 5.29. The van der Waals surface area contributed by atoms with Crippen molar-refractivity contribution in [1.82, 2.24) is 4.98 Å². The highest BCUT2D eigenvalue weighted by Gasteiger charge is 2.40. The zero-order valence-corrected chi connectivity index (χ0v) is 10.2. The third kappa shape index (κ3) is 1.84. The van der Waals surface area contributed by atoms with Crippen molar-refractivity contribution >= 4 is 11.7 Å². The van der Waals surface area contributed by atoms with E-state index in [1.165, 1.54) is 12.8 Å². The van der Waals surface area contributed by atoms with Crippen LogP contribution in [0.3, 0.4) is 0 Å². The molecule has 3 atom stereocenters. The quantitative estimate of drug-likeness (QED) is 0.802. The Morgan fingerprint density at radius 2 is 1.94 bits per heavy atom. The number of hydrogen-bond acceptors (Lipinski definition) is 4. The molecule has 0 spiro atoms. The average Bonchev–Trinajstić information content (AvgIpc) is 2.62. The Kier molecular flexibility index (Phi) is 2.70. The van der Waals surface area contributed by atoms with Crippen LogP contribution in [0.15, 0.2) is 18.3 Å². The number of primary amides is 1. The summed E-state index contributed by atoms with van der Waals surface area (Å²) in [7, 11) is 0. The van der Waals surface area contributed by atoms with Gasteiger partial charge >= 0.3 is 0 Å². The molecular weight excluding hydrogens is 228 g/mol. The van der Waals surface area contributed by atoms with Gasteiger partial charge in [0.25, 0.3) is 0 Å². The number of rotatable bonds is 2. The summed E-state index contributed by atoms with van der Waals surface area (Å²) in [4.78, 5) is 17.8. The van der Waals surface area contributed by atoms with E-state index in [9.17, 15) is 4.79 Å². The first-order chi connectivity index (χ1) is 8.65. The summed E-state index contributed by atoms with van der Waals surface area (Å²) < 4.78 is 0. The molecule has 4 N–H and O–H groups in total. The van der Waals surface area contributed by atoms with Crippen molar-refractivity contribution in [2.24, 2.45) is 11.5 Å². The van der Waals surface area contributed by atoms with Crippen LogP contribution in [0.25, 0.3) is 0 Å². The zero-order valence-electron chi connectivity index (χ0n) is 10.2. The summed E-state index contributed by atoms with van der Waals surface area (Å²) >= 11 is 0. The van der Waals surface area contributed by atoms with E-state index in [-0.39, 0.29) is 0 Å². The summed E-state index contributed by atoms with van der Waals surface area (Å²) in [5.41, 5.74) is 11.7. The van der Waals surface area contributed by atoms with E-state index in [1.54, 1.807) is 12.3 Å². The number of carbonyl (C=O) groups excluding carboxylic acids is 1. The molecule has 0 unspecified atom stereocenters. The molecule has 2 aliphatic rings. The highest BCUT2D eigenvalue weighted by Crippen LogP contribution is 2.37. The lowest BCUT2D eigenvalue weighted by Gasteiger charge is -2.38. The first-order valence-corrected chi connectivity index (χ1v) is 6.45. The Labute approximate surface area is 106 Å². The fourth-order valence-electron chi connectivity index (χ4n) is 3.28. The van der Waals surface area contributed by atoms with Crippen molar-refractivity contribution in [1.29, 1.82) is 0 Å². The maximum atomic E-state index is 11.0. The van der Waals surface area contributed by atoms with Crippen molar-refractivity contribution in [3.63, 3.8) is 0 Å². The van der Waals surface area contributed by atoms with Gasteiger partial charge in [-0.1, -0.05) is 0 Å². The molecule has 1 aromatic heterocycles. The van der Waals surface area contributed by atoms with Gasteiger partial charge in [0.05, 0.1) is 5.56 Å². The monoisotopic (exact) mass is 246 g/mol. The van der Waals surface area contributed by atoms with E-state index in [1.807, 2.05) is 6.07 Å². The molecule has 5 heteroatoms. The molecule has 1 amide bonds. The SMILES string of the molecule is NC(=O)c1ccc(N2[C@@H]3CC[C@H]2C[C@@H](N)C3)nc1. The van der Waals surface area contributed by atoms with Crippen LogP contribution in [0, 0.1) is 0 Å². The van der Waals surface area contributed by atoms with Crippen LogP contribution in [0.5, 0.6) is 0 Å². The Morgan fingerprint density at radius 1 is 1.28 bits per heavy atom. The number of nitrogens with two attached hydrogens (primary N) is 2. The van der Waals surface area contributed by atoms with Crippen molar-refractivity contribution in [3.8, 4) is 0 Å². The van der Waals surface area contributed by atoms with Gasteiger partial charge in [-0.25, -0.2) is 4.98 Å². The van der Waals surface area contributed by atoms with E-state index < -0.39 is 5.91 Å².